The van der Waals surface area contributed by atoms with Crippen molar-refractivity contribution in [2.45, 2.75) is 52.1 Å². The Kier molecular flexibility index (Phi) is 11.1. The lowest BCUT2D eigenvalue weighted by Crippen LogP contribution is -2.45. The maximum Gasteiger partial charge on any atom is 0.191 e. The number of hydrogen-bond acceptors (Lipinski definition) is 3. The second-order valence-electron chi connectivity index (χ2n) is 7.69. The monoisotopic (exact) mass is 487 g/mol. The zero-order chi connectivity index (χ0) is 18.9. The summed E-state index contributed by atoms with van der Waals surface area (Å²) >= 11 is 0. The predicted octanol–water partition coefficient (Wildman–Crippen LogP) is 3.48. The van der Waals surface area contributed by atoms with E-state index in [2.05, 4.69) is 77.5 Å². The van der Waals surface area contributed by atoms with Crippen LogP contribution in [0.4, 0.5) is 5.69 Å². The number of hydrogen-bond donors (Lipinski definition) is 2. The fourth-order valence-corrected chi connectivity index (χ4v) is 3.21. The first kappa shape index (κ1) is 24.0. The smallest absolute Gasteiger partial charge is 0.191 e. The molecule has 1 atom stereocenters. The van der Waals surface area contributed by atoms with Gasteiger partial charge in [0.25, 0.3) is 0 Å². The molecule has 0 radical (unpaired) electrons. The van der Waals surface area contributed by atoms with E-state index in [4.69, 9.17) is 0 Å². The average molecular weight is 487 g/mol. The molecule has 1 saturated heterocycles. The van der Waals surface area contributed by atoms with Crippen LogP contribution in [0.3, 0.4) is 0 Å². The summed E-state index contributed by atoms with van der Waals surface area (Å²) in [6.07, 6.45) is 3.52. The molecule has 6 heteroatoms. The Labute approximate surface area is 183 Å². The lowest BCUT2D eigenvalue weighted by Gasteiger charge is -2.21. The van der Waals surface area contributed by atoms with Gasteiger partial charge in [-0.25, -0.2) is 0 Å². The average Bonchev–Trinajstić information content (AvgIpc) is 3.09. The molecule has 0 aromatic heterocycles. The van der Waals surface area contributed by atoms with E-state index in [1.807, 2.05) is 7.05 Å². The molecule has 0 aliphatic carbocycles. The van der Waals surface area contributed by atoms with Gasteiger partial charge in [0.05, 0.1) is 0 Å². The van der Waals surface area contributed by atoms with Crippen LogP contribution in [0.15, 0.2) is 29.3 Å². The highest BCUT2D eigenvalue weighted by Gasteiger charge is 2.23. The van der Waals surface area contributed by atoms with Gasteiger partial charge in [-0.15, -0.1) is 24.0 Å². The molecule has 2 N–H and O–H groups in total. The third kappa shape index (κ3) is 8.25. The first-order chi connectivity index (χ1) is 12.5. The van der Waals surface area contributed by atoms with Crippen LogP contribution in [0.1, 0.15) is 38.7 Å². The summed E-state index contributed by atoms with van der Waals surface area (Å²) in [5.74, 6) is 0.929. The summed E-state index contributed by atoms with van der Waals surface area (Å²) in [5, 5.41) is 7.04. The van der Waals surface area contributed by atoms with Gasteiger partial charge < -0.3 is 20.4 Å². The Morgan fingerprint density at radius 2 is 1.96 bits per heavy atom. The second-order valence-corrected chi connectivity index (χ2v) is 7.69. The minimum atomic E-state index is 0. The Bertz CT molecular complexity index is 558. The molecule has 1 aliphatic heterocycles. The lowest BCUT2D eigenvalue weighted by molar-refractivity contribution is 0.268. The van der Waals surface area contributed by atoms with E-state index in [-0.39, 0.29) is 24.0 Å². The number of aliphatic imine (C=N–C) groups is 1. The Balaban J connectivity index is 0.00000364. The van der Waals surface area contributed by atoms with Crippen molar-refractivity contribution >= 4 is 35.6 Å². The molecule has 1 fully saturated rings. The van der Waals surface area contributed by atoms with E-state index in [1.165, 1.54) is 17.7 Å². The molecule has 2 rings (SSSR count). The summed E-state index contributed by atoms with van der Waals surface area (Å²) < 4.78 is 0. The van der Waals surface area contributed by atoms with Crippen molar-refractivity contribution in [1.82, 2.24) is 15.5 Å². The number of benzene rings is 1. The highest BCUT2D eigenvalue weighted by molar-refractivity contribution is 14.0. The van der Waals surface area contributed by atoms with E-state index in [9.17, 15) is 0 Å². The van der Waals surface area contributed by atoms with E-state index < -0.39 is 0 Å². The molecule has 1 aromatic rings. The Morgan fingerprint density at radius 1 is 1.26 bits per heavy atom. The number of nitrogens with zero attached hydrogens (tertiary/aromatic N) is 3. The van der Waals surface area contributed by atoms with E-state index in [1.54, 1.807) is 0 Å². The molecule has 154 valence electrons. The quantitative estimate of drug-likeness (QED) is 0.255. The SMILES string of the molecule is CN=C(NCCCCN(C)C(C)C)NC1CCN(c2ccc(C)cc2)C1.I. The molecular weight excluding hydrogens is 449 g/mol. The molecular formula is C21H38IN5. The van der Waals surface area contributed by atoms with Crippen LogP contribution in [-0.4, -0.2) is 63.2 Å². The maximum atomic E-state index is 4.39. The highest BCUT2D eigenvalue weighted by atomic mass is 127. The van der Waals surface area contributed by atoms with E-state index >= 15 is 0 Å². The van der Waals surface area contributed by atoms with Crippen LogP contribution < -0.4 is 15.5 Å². The standard InChI is InChI=1S/C21H37N5.HI/c1-17(2)25(5)14-7-6-13-23-21(22-4)24-19-12-15-26(16-19)20-10-8-18(3)9-11-20;/h8-11,17,19H,6-7,12-16H2,1-5H3,(H2,22,23,24);1H. The summed E-state index contributed by atoms with van der Waals surface area (Å²) in [4.78, 5) is 9.23. The predicted molar refractivity (Wildman–Crippen MR) is 129 cm³/mol. The molecule has 5 nitrogen and oxygen atoms in total. The van der Waals surface area contributed by atoms with E-state index in [0.29, 0.717) is 12.1 Å². The topological polar surface area (TPSA) is 42.9 Å². The Hall–Kier alpha value is -1.02. The molecule has 0 bridgehead atoms. The normalized spacial score (nSPS) is 17.4. The van der Waals surface area contributed by atoms with Crippen molar-refractivity contribution in [3.8, 4) is 0 Å². The lowest BCUT2D eigenvalue weighted by atomic mass is 10.2. The number of aryl methyl sites for hydroxylation is 1. The third-order valence-electron chi connectivity index (χ3n) is 5.26. The number of unbranched alkanes of at least 4 members (excludes halogenated alkanes) is 1. The van der Waals surface area contributed by atoms with Crippen LogP contribution in [-0.2, 0) is 0 Å². The maximum absolute atomic E-state index is 4.39. The molecule has 1 unspecified atom stereocenters. The second kappa shape index (κ2) is 12.4. The highest BCUT2D eigenvalue weighted by Crippen LogP contribution is 2.20. The van der Waals surface area contributed by atoms with Crippen LogP contribution in [0.5, 0.6) is 0 Å². The molecule has 1 heterocycles. The molecule has 0 spiro atoms. The number of guanidine groups is 1. The van der Waals surface area contributed by atoms with Crippen LogP contribution in [0.2, 0.25) is 0 Å². The first-order valence-electron chi connectivity index (χ1n) is 9.98. The van der Waals surface area contributed by atoms with Crippen LogP contribution in [0.25, 0.3) is 0 Å². The van der Waals surface area contributed by atoms with Crippen molar-refractivity contribution < 1.29 is 0 Å². The van der Waals surface area contributed by atoms with Crippen molar-refractivity contribution in [2.24, 2.45) is 4.99 Å². The number of anilines is 1. The zero-order valence-corrected chi connectivity index (χ0v) is 20.0. The van der Waals surface area contributed by atoms with Gasteiger partial charge in [0.2, 0.25) is 0 Å². The zero-order valence-electron chi connectivity index (χ0n) is 17.7. The third-order valence-corrected chi connectivity index (χ3v) is 5.26. The molecule has 1 aromatic carbocycles. The summed E-state index contributed by atoms with van der Waals surface area (Å²) in [7, 11) is 4.05. The van der Waals surface area contributed by atoms with Gasteiger partial charge in [0, 0.05) is 44.5 Å². The minimum Gasteiger partial charge on any atom is -0.369 e. The fraction of sp³-hybridized carbons (Fsp3) is 0.667. The van der Waals surface area contributed by atoms with Crippen molar-refractivity contribution in [1.29, 1.82) is 0 Å². The number of nitrogens with one attached hydrogen (secondary N) is 2. The number of rotatable bonds is 8. The van der Waals surface area contributed by atoms with Crippen molar-refractivity contribution in [3.63, 3.8) is 0 Å². The van der Waals surface area contributed by atoms with Gasteiger partial charge >= 0.3 is 0 Å². The van der Waals surface area contributed by atoms with Crippen molar-refractivity contribution in [2.75, 3.05) is 45.2 Å². The molecule has 0 saturated carbocycles. The van der Waals surface area contributed by atoms with Gasteiger partial charge in [-0.2, -0.15) is 0 Å². The first-order valence-corrected chi connectivity index (χ1v) is 9.98. The Morgan fingerprint density at radius 3 is 2.59 bits per heavy atom. The minimum absolute atomic E-state index is 0. The van der Waals surface area contributed by atoms with Gasteiger partial charge in [-0.05, 0) is 65.8 Å². The number of halogens is 1. The van der Waals surface area contributed by atoms with Gasteiger partial charge in [0.15, 0.2) is 5.96 Å². The molecule has 27 heavy (non-hydrogen) atoms. The fourth-order valence-electron chi connectivity index (χ4n) is 3.21. The van der Waals surface area contributed by atoms with Crippen LogP contribution in [0, 0.1) is 6.92 Å². The summed E-state index contributed by atoms with van der Waals surface area (Å²) in [6, 6.07) is 9.89. The summed E-state index contributed by atoms with van der Waals surface area (Å²) in [5.41, 5.74) is 2.63. The van der Waals surface area contributed by atoms with Crippen LogP contribution >= 0.6 is 24.0 Å². The summed E-state index contributed by atoms with van der Waals surface area (Å²) in [6.45, 7) is 10.9. The molecule has 1 aliphatic rings. The van der Waals surface area contributed by atoms with Gasteiger partial charge in [0.1, 0.15) is 0 Å². The van der Waals surface area contributed by atoms with Gasteiger partial charge in [-0.1, -0.05) is 17.7 Å². The van der Waals surface area contributed by atoms with Crippen molar-refractivity contribution in [3.05, 3.63) is 29.8 Å². The van der Waals surface area contributed by atoms with E-state index in [0.717, 1.165) is 45.0 Å². The largest absolute Gasteiger partial charge is 0.369 e. The van der Waals surface area contributed by atoms with Gasteiger partial charge in [-0.3, -0.25) is 4.99 Å². The molecule has 0 amide bonds.